The van der Waals surface area contributed by atoms with Crippen molar-refractivity contribution in [2.75, 3.05) is 6.54 Å². The molecule has 1 aliphatic heterocycles. The minimum atomic E-state index is -3.93. The summed E-state index contributed by atoms with van der Waals surface area (Å²) in [5, 5.41) is 0.540. The van der Waals surface area contributed by atoms with E-state index < -0.39 is 15.8 Å². The second-order valence-corrected chi connectivity index (χ2v) is 8.20. The highest BCUT2D eigenvalue weighted by molar-refractivity contribution is 7.89. The summed E-state index contributed by atoms with van der Waals surface area (Å²) in [5.41, 5.74) is 0.779. The van der Waals surface area contributed by atoms with E-state index in [1.165, 1.54) is 28.6 Å². The molecule has 6 heteroatoms. The van der Waals surface area contributed by atoms with Gasteiger partial charge in [0.2, 0.25) is 10.0 Å². The van der Waals surface area contributed by atoms with Gasteiger partial charge in [-0.25, -0.2) is 12.8 Å². The highest BCUT2D eigenvalue weighted by Crippen LogP contribution is 2.37. The number of nitrogens with zero attached hydrogens (tertiary/aromatic N) is 1. The average Bonchev–Trinajstić information content (AvgIpc) is 2.82. The third-order valence-corrected chi connectivity index (χ3v) is 6.68. The van der Waals surface area contributed by atoms with Crippen molar-refractivity contribution in [3.8, 4) is 0 Å². The highest BCUT2D eigenvalue weighted by Gasteiger charge is 2.35. The molecule has 3 rings (SSSR count). The van der Waals surface area contributed by atoms with E-state index in [0.29, 0.717) is 18.0 Å². The van der Waals surface area contributed by atoms with Crippen molar-refractivity contribution in [3.05, 3.63) is 64.9 Å². The Hall–Kier alpha value is -1.43. The summed E-state index contributed by atoms with van der Waals surface area (Å²) in [6, 6.07) is 12.4. The first-order valence-corrected chi connectivity index (χ1v) is 9.84. The van der Waals surface area contributed by atoms with Gasteiger partial charge in [0, 0.05) is 11.6 Å². The lowest BCUT2D eigenvalue weighted by Gasteiger charge is -2.30. The van der Waals surface area contributed by atoms with Gasteiger partial charge in [0.05, 0.1) is 6.04 Å². The molecule has 0 bridgehead atoms. The Morgan fingerprint density at radius 1 is 1.00 bits per heavy atom. The molecule has 0 aliphatic carbocycles. The fourth-order valence-electron chi connectivity index (χ4n) is 3.21. The van der Waals surface area contributed by atoms with Crippen molar-refractivity contribution in [1.82, 2.24) is 4.31 Å². The van der Waals surface area contributed by atoms with E-state index in [4.69, 9.17) is 11.6 Å². The van der Waals surface area contributed by atoms with E-state index in [-0.39, 0.29) is 10.9 Å². The predicted molar refractivity (Wildman–Crippen MR) is 93.0 cm³/mol. The average molecular weight is 368 g/mol. The van der Waals surface area contributed by atoms with Crippen LogP contribution in [0.25, 0.3) is 0 Å². The molecule has 24 heavy (non-hydrogen) atoms. The van der Waals surface area contributed by atoms with Gasteiger partial charge < -0.3 is 0 Å². The summed E-state index contributed by atoms with van der Waals surface area (Å²) in [6.45, 7) is 0.368. The van der Waals surface area contributed by atoms with Gasteiger partial charge in [-0.3, -0.25) is 0 Å². The molecule has 0 spiro atoms. The number of hydrogen-bond donors (Lipinski definition) is 0. The molecule has 0 unspecified atom stereocenters. The molecule has 0 radical (unpaired) electrons. The van der Waals surface area contributed by atoms with Gasteiger partial charge in [-0.1, -0.05) is 54.8 Å². The van der Waals surface area contributed by atoms with Crippen molar-refractivity contribution < 1.29 is 12.8 Å². The minimum Gasteiger partial charge on any atom is -0.207 e. The van der Waals surface area contributed by atoms with Crippen molar-refractivity contribution in [3.63, 3.8) is 0 Å². The van der Waals surface area contributed by atoms with Gasteiger partial charge in [0.1, 0.15) is 10.7 Å². The predicted octanol–water partition coefficient (Wildman–Crippen LogP) is 4.79. The first kappa shape index (κ1) is 17.4. The van der Waals surface area contributed by atoms with Crippen LogP contribution in [0.4, 0.5) is 4.39 Å². The lowest BCUT2D eigenvalue weighted by atomic mass is 10.0. The lowest BCUT2D eigenvalue weighted by molar-refractivity contribution is 0.327. The number of hydrogen-bond acceptors (Lipinski definition) is 2. The van der Waals surface area contributed by atoms with Crippen LogP contribution >= 0.6 is 11.6 Å². The van der Waals surface area contributed by atoms with Crippen molar-refractivity contribution in [2.45, 2.75) is 36.6 Å². The molecule has 1 atom stereocenters. The molecule has 3 nitrogen and oxygen atoms in total. The summed E-state index contributed by atoms with van der Waals surface area (Å²) >= 11 is 6.31. The first-order valence-electron chi connectivity index (χ1n) is 8.02. The monoisotopic (exact) mass is 367 g/mol. The van der Waals surface area contributed by atoms with Crippen molar-refractivity contribution in [2.24, 2.45) is 0 Å². The smallest absolute Gasteiger partial charge is 0.207 e. The first-order chi connectivity index (χ1) is 11.5. The van der Waals surface area contributed by atoms with Gasteiger partial charge >= 0.3 is 0 Å². The minimum absolute atomic E-state index is 0.274. The van der Waals surface area contributed by atoms with Crippen LogP contribution < -0.4 is 0 Å². The Morgan fingerprint density at radius 3 is 2.46 bits per heavy atom. The molecular weight excluding hydrogens is 349 g/mol. The van der Waals surface area contributed by atoms with Crippen LogP contribution in [0.15, 0.2) is 53.4 Å². The van der Waals surface area contributed by atoms with Crippen molar-refractivity contribution >= 4 is 21.6 Å². The molecule has 1 fully saturated rings. The molecule has 0 aromatic heterocycles. The topological polar surface area (TPSA) is 37.4 Å². The molecule has 0 saturated carbocycles. The van der Waals surface area contributed by atoms with Crippen LogP contribution in [0.1, 0.15) is 37.3 Å². The molecule has 2 aromatic rings. The molecule has 1 heterocycles. The normalized spacial score (nSPS) is 19.8. The van der Waals surface area contributed by atoms with Gasteiger partial charge in [-0.15, -0.1) is 0 Å². The summed E-state index contributed by atoms with van der Waals surface area (Å²) in [6.07, 6.45) is 3.30. The van der Waals surface area contributed by atoms with Gasteiger partial charge in [0.25, 0.3) is 0 Å². The Bertz CT molecular complexity index is 825. The third kappa shape index (κ3) is 3.34. The molecule has 0 amide bonds. The van der Waals surface area contributed by atoms with Gasteiger partial charge in [0.15, 0.2) is 0 Å². The number of halogens is 2. The second-order valence-electron chi connectivity index (χ2n) is 5.93. The van der Waals surface area contributed by atoms with E-state index in [1.54, 1.807) is 6.07 Å². The fraction of sp³-hybridized carbons (Fsp3) is 0.333. The summed E-state index contributed by atoms with van der Waals surface area (Å²) in [5.74, 6) is -0.723. The summed E-state index contributed by atoms with van der Waals surface area (Å²) in [4.78, 5) is -0.274. The zero-order valence-electron chi connectivity index (χ0n) is 13.2. The maximum Gasteiger partial charge on any atom is 0.246 e. The van der Waals surface area contributed by atoms with Crippen LogP contribution in [0, 0.1) is 5.82 Å². The Morgan fingerprint density at radius 2 is 1.71 bits per heavy atom. The quantitative estimate of drug-likeness (QED) is 0.782. The summed E-state index contributed by atoms with van der Waals surface area (Å²) < 4.78 is 41.7. The second kappa shape index (κ2) is 7.21. The summed E-state index contributed by atoms with van der Waals surface area (Å²) in [7, 11) is -3.93. The molecule has 2 aromatic carbocycles. The van der Waals surface area contributed by atoms with E-state index in [0.717, 1.165) is 24.8 Å². The van der Waals surface area contributed by atoms with E-state index in [2.05, 4.69) is 0 Å². The Labute approximate surface area is 147 Å². The van der Waals surface area contributed by atoms with Crippen LogP contribution in [0.3, 0.4) is 0 Å². The van der Waals surface area contributed by atoms with Crippen LogP contribution in [-0.2, 0) is 10.0 Å². The number of rotatable bonds is 3. The highest BCUT2D eigenvalue weighted by atomic mass is 35.5. The van der Waals surface area contributed by atoms with Crippen LogP contribution in [0.5, 0.6) is 0 Å². The maximum absolute atomic E-state index is 14.1. The Balaban J connectivity index is 2.08. The largest absolute Gasteiger partial charge is 0.246 e. The molecule has 0 N–H and O–H groups in total. The maximum atomic E-state index is 14.1. The number of sulfonamides is 1. The van der Waals surface area contributed by atoms with Gasteiger partial charge in [-0.05, 0) is 36.6 Å². The number of benzene rings is 2. The zero-order chi connectivity index (χ0) is 17.2. The third-order valence-electron chi connectivity index (χ3n) is 4.39. The van der Waals surface area contributed by atoms with Crippen molar-refractivity contribution in [1.29, 1.82) is 0 Å². The lowest BCUT2D eigenvalue weighted by Crippen LogP contribution is -2.35. The Kier molecular flexibility index (Phi) is 5.23. The molecule has 128 valence electrons. The molecule has 1 aliphatic rings. The molecule has 1 saturated heterocycles. The van der Waals surface area contributed by atoms with E-state index in [1.807, 2.05) is 18.2 Å². The van der Waals surface area contributed by atoms with Crippen LogP contribution in [-0.4, -0.2) is 19.3 Å². The fourth-order valence-corrected chi connectivity index (χ4v) is 5.21. The van der Waals surface area contributed by atoms with E-state index in [9.17, 15) is 12.8 Å². The van der Waals surface area contributed by atoms with Crippen LogP contribution in [0.2, 0.25) is 5.02 Å². The zero-order valence-corrected chi connectivity index (χ0v) is 14.7. The van der Waals surface area contributed by atoms with Gasteiger partial charge in [-0.2, -0.15) is 4.31 Å². The SMILES string of the molecule is O=S(=O)(c1ccccc1F)N1CCCCC[C@H]1c1ccccc1Cl. The standard InChI is InChI=1S/C18H19ClFNO2S/c19-15-9-4-3-8-14(15)17-11-2-1-7-13-21(17)24(22,23)18-12-6-5-10-16(18)20/h3-6,8-10,12,17H,1-2,7,11,13H2/t17-/m0/s1. The molecular formula is C18H19ClFNO2S. The van der Waals surface area contributed by atoms with E-state index >= 15 is 0 Å².